The Kier molecular flexibility index (Phi) is 3.58. The molecule has 0 bridgehead atoms. The van der Waals surface area contributed by atoms with E-state index in [1.807, 2.05) is 25.1 Å². The molecule has 1 amide bonds. The number of aromatic amines is 1. The van der Waals surface area contributed by atoms with E-state index in [0.717, 1.165) is 15.7 Å². The molecule has 0 atom stereocenters. The van der Waals surface area contributed by atoms with E-state index in [1.54, 1.807) is 12.3 Å². The first kappa shape index (κ1) is 11.9. The van der Waals surface area contributed by atoms with E-state index >= 15 is 0 Å². The maximum atomic E-state index is 11.9. The fraction of sp³-hybridized carbons (Fsp3) is 0.167. The maximum absolute atomic E-state index is 11.9. The highest BCUT2D eigenvalue weighted by Crippen LogP contribution is 2.15. The van der Waals surface area contributed by atoms with Gasteiger partial charge in [0.2, 0.25) is 0 Å². The van der Waals surface area contributed by atoms with Gasteiger partial charge in [-0.25, -0.2) is 0 Å². The third kappa shape index (κ3) is 3.17. The van der Waals surface area contributed by atoms with Gasteiger partial charge < -0.3 is 5.32 Å². The van der Waals surface area contributed by atoms with Crippen LogP contribution in [0.3, 0.4) is 0 Å². The van der Waals surface area contributed by atoms with Crippen molar-refractivity contribution in [3.63, 3.8) is 0 Å². The van der Waals surface area contributed by atoms with Crippen LogP contribution in [0.5, 0.6) is 0 Å². The van der Waals surface area contributed by atoms with Gasteiger partial charge in [0.15, 0.2) is 0 Å². The summed E-state index contributed by atoms with van der Waals surface area (Å²) in [6.07, 6.45) is 1.66. The second-order valence-electron chi connectivity index (χ2n) is 3.78. The topological polar surface area (TPSA) is 57.8 Å². The van der Waals surface area contributed by atoms with Crippen molar-refractivity contribution >= 4 is 21.8 Å². The average molecular weight is 294 g/mol. The van der Waals surface area contributed by atoms with Gasteiger partial charge in [0.05, 0.1) is 12.2 Å². The van der Waals surface area contributed by atoms with Gasteiger partial charge in [0.25, 0.3) is 5.91 Å². The zero-order valence-electron chi connectivity index (χ0n) is 9.33. The summed E-state index contributed by atoms with van der Waals surface area (Å²) >= 11 is 3.37. The zero-order valence-corrected chi connectivity index (χ0v) is 10.9. The predicted octanol–water partition coefficient (Wildman–Crippen LogP) is 2.41. The van der Waals surface area contributed by atoms with Gasteiger partial charge in [-0.1, -0.05) is 15.9 Å². The summed E-state index contributed by atoms with van der Waals surface area (Å²) in [5.41, 5.74) is 2.58. The molecule has 0 spiro atoms. The van der Waals surface area contributed by atoms with Crippen LogP contribution < -0.4 is 5.32 Å². The number of H-pyrrole nitrogens is 1. The Morgan fingerprint density at radius 2 is 2.29 bits per heavy atom. The highest BCUT2D eigenvalue weighted by Gasteiger charge is 2.06. The number of aryl methyl sites for hydroxylation is 1. The van der Waals surface area contributed by atoms with Crippen molar-refractivity contribution in [1.29, 1.82) is 0 Å². The monoisotopic (exact) mass is 293 g/mol. The van der Waals surface area contributed by atoms with Gasteiger partial charge in [-0.05, 0) is 36.8 Å². The van der Waals surface area contributed by atoms with E-state index in [-0.39, 0.29) is 5.91 Å². The standard InChI is InChI=1S/C12H12BrN3O/c1-8-4-9(6-10(13)5-8)12(17)14-7-11-2-3-15-16-11/h2-6H,7H2,1H3,(H,14,17)(H,15,16). The Balaban J connectivity index is 2.04. The molecule has 4 nitrogen and oxygen atoms in total. The first-order valence-electron chi connectivity index (χ1n) is 5.19. The number of amides is 1. The minimum atomic E-state index is -0.0935. The lowest BCUT2D eigenvalue weighted by atomic mass is 10.1. The van der Waals surface area contributed by atoms with Gasteiger partial charge in [-0.2, -0.15) is 5.10 Å². The Hall–Kier alpha value is -1.62. The first-order chi connectivity index (χ1) is 8.15. The largest absolute Gasteiger partial charge is 0.346 e. The average Bonchev–Trinajstić information content (AvgIpc) is 2.77. The highest BCUT2D eigenvalue weighted by atomic mass is 79.9. The molecule has 1 aromatic carbocycles. The maximum Gasteiger partial charge on any atom is 0.251 e. The van der Waals surface area contributed by atoms with E-state index in [9.17, 15) is 4.79 Å². The van der Waals surface area contributed by atoms with Gasteiger partial charge in [0, 0.05) is 16.2 Å². The molecule has 2 N–H and O–H groups in total. The quantitative estimate of drug-likeness (QED) is 0.913. The molecule has 0 aliphatic heterocycles. The number of carbonyl (C=O) groups excluding carboxylic acids is 1. The summed E-state index contributed by atoms with van der Waals surface area (Å²) in [5.74, 6) is -0.0935. The number of nitrogens with zero attached hydrogens (tertiary/aromatic N) is 1. The molecule has 1 heterocycles. The van der Waals surface area contributed by atoms with Crippen LogP contribution in [-0.2, 0) is 6.54 Å². The van der Waals surface area contributed by atoms with Crippen molar-refractivity contribution in [1.82, 2.24) is 15.5 Å². The van der Waals surface area contributed by atoms with E-state index < -0.39 is 0 Å². The molecule has 0 fully saturated rings. The van der Waals surface area contributed by atoms with Crippen LogP contribution in [0, 0.1) is 6.92 Å². The summed E-state index contributed by atoms with van der Waals surface area (Å²) in [4.78, 5) is 11.9. The number of hydrogen-bond donors (Lipinski definition) is 2. The van der Waals surface area contributed by atoms with Crippen LogP contribution in [0.1, 0.15) is 21.6 Å². The number of halogens is 1. The van der Waals surface area contributed by atoms with E-state index in [0.29, 0.717) is 12.1 Å². The molecule has 17 heavy (non-hydrogen) atoms. The highest BCUT2D eigenvalue weighted by molar-refractivity contribution is 9.10. The van der Waals surface area contributed by atoms with Crippen molar-refractivity contribution in [2.75, 3.05) is 0 Å². The van der Waals surface area contributed by atoms with Crippen LogP contribution in [0.2, 0.25) is 0 Å². The minimum Gasteiger partial charge on any atom is -0.346 e. The summed E-state index contributed by atoms with van der Waals surface area (Å²) in [7, 11) is 0. The second kappa shape index (κ2) is 5.14. The predicted molar refractivity (Wildman–Crippen MR) is 68.6 cm³/mol. The number of rotatable bonds is 3. The molecule has 88 valence electrons. The van der Waals surface area contributed by atoms with Crippen LogP contribution >= 0.6 is 15.9 Å². The fourth-order valence-corrected chi connectivity index (χ4v) is 2.14. The molecule has 1 aromatic heterocycles. The van der Waals surface area contributed by atoms with E-state index in [1.165, 1.54) is 0 Å². The van der Waals surface area contributed by atoms with E-state index in [4.69, 9.17) is 0 Å². The molecule has 0 saturated carbocycles. The Bertz CT molecular complexity index is 502. The van der Waals surface area contributed by atoms with Crippen molar-refractivity contribution in [3.8, 4) is 0 Å². The second-order valence-corrected chi connectivity index (χ2v) is 4.70. The van der Waals surface area contributed by atoms with Gasteiger partial charge in [-0.15, -0.1) is 0 Å². The van der Waals surface area contributed by atoms with Gasteiger partial charge in [-0.3, -0.25) is 9.89 Å². The minimum absolute atomic E-state index is 0.0935. The third-order valence-electron chi connectivity index (χ3n) is 2.30. The molecule has 0 unspecified atom stereocenters. The molecule has 2 aromatic rings. The molecule has 5 heteroatoms. The Morgan fingerprint density at radius 3 is 2.94 bits per heavy atom. The van der Waals surface area contributed by atoms with Gasteiger partial charge >= 0.3 is 0 Å². The molecule has 0 saturated heterocycles. The number of aromatic nitrogens is 2. The number of nitrogens with one attached hydrogen (secondary N) is 2. The molecule has 0 aliphatic carbocycles. The molecular weight excluding hydrogens is 282 g/mol. The SMILES string of the molecule is Cc1cc(Br)cc(C(=O)NCc2ccn[nH]2)c1. The lowest BCUT2D eigenvalue weighted by Crippen LogP contribution is -2.23. The van der Waals surface area contributed by atoms with Crippen LogP contribution in [0.15, 0.2) is 34.9 Å². The number of hydrogen-bond acceptors (Lipinski definition) is 2. The summed E-state index contributed by atoms with van der Waals surface area (Å²) in [5, 5.41) is 9.43. The van der Waals surface area contributed by atoms with Crippen molar-refractivity contribution in [3.05, 3.63) is 51.8 Å². The van der Waals surface area contributed by atoms with Crippen molar-refractivity contribution in [2.24, 2.45) is 0 Å². The lowest BCUT2D eigenvalue weighted by Gasteiger charge is -2.05. The van der Waals surface area contributed by atoms with E-state index in [2.05, 4.69) is 31.4 Å². The fourth-order valence-electron chi connectivity index (χ4n) is 1.53. The number of carbonyl (C=O) groups is 1. The lowest BCUT2D eigenvalue weighted by molar-refractivity contribution is 0.0950. The molecular formula is C12H12BrN3O. The smallest absolute Gasteiger partial charge is 0.251 e. The molecule has 2 rings (SSSR count). The Morgan fingerprint density at radius 1 is 1.47 bits per heavy atom. The summed E-state index contributed by atoms with van der Waals surface area (Å²) in [6, 6.07) is 7.44. The molecule has 0 aliphatic rings. The normalized spacial score (nSPS) is 10.2. The van der Waals surface area contributed by atoms with Crippen molar-refractivity contribution < 1.29 is 4.79 Å². The number of benzene rings is 1. The van der Waals surface area contributed by atoms with Gasteiger partial charge in [0.1, 0.15) is 0 Å². The van der Waals surface area contributed by atoms with Crippen molar-refractivity contribution in [2.45, 2.75) is 13.5 Å². The Labute approximate surface area is 108 Å². The first-order valence-corrected chi connectivity index (χ1v) is 5.98. The third-order valence-corrected chi connectivity index (χ3v) is 2.76. The zero-order chi connectivity index (χ0) is 12.3. The van der Waals surface area contributed by atoms with Crippen LogP contribution in [0.25, 0.3) is 0 Å². The van der Waals surface area contributed by atoms with Crippen LogP contribution in [0.4, 0.5) is 0 Å². The summed E-state index contributed by atoms with van der Waals surface area (Å²) < 4.78 is 0.907. The summed E-state index contributed by atoms with van der Waals surface area (Å²) in [6.45, 7) is 2.40. The van der Waals surface area contributed by atoms with Crippen LogP contribution in [-0.4, -0.2) is 16.1 Å². The molecule has 0 radical (unpaired) electrons.